The number of pyridine rings is 1. The maximum atomic E-state index is 12.7. The smallest absolute Gasteiger partial charge is 0.235 e. The van der Waals surface area contributed by atoms with Crippen molar-refractivity contribution in [1.82, 2.24) is 4.98 Å². The lowest BCUT2D eigenvalue weighted by Crippen LogP contribution is -2.43. The van der Waals surface area contributed by atoms with Gasteiger partial charge in [-0.05, 0) is 28.8 Å². The normalized spacial score (nSPS) is 12.7. The van der Waals surface area contributed by atoms with E-state index in [0.29, 0.717) is 16.6 Å². The van der Waals surface area contributed by atoms with Crippen LogP contribution < -0.4 is 0 Å². The van der Waals surface area contributed by atoms with Crippen LogP contribution in [0.3, 0.4) is 0 Å². The molecule has 1 rings (SSSR count). The van der Waals surface area contributed by atoms with E-state index in [-0.39, 0.29) is 5.69 Å². The lowest BCUT2D eigenvalue weighted by molar-refractivity contribution is -0.141. The predicted octanol–water partition coefficient (Wildman–Crippen LogP) is 5.67. The molecule has 0 unspecified atom stereocenters. The van der Waals surface area contributed by atoms with Gasteiger partial charge in [0.25, 0.3) is 0 Å². The third-order valence-corrected chi connectivity index (χ3v) is 10.6. The minimum atomic E-state index is -4.43. The van der Waals surface area contributed by atoms with Gasteiger partial charge in [0.05, 0.1) is 0 Å². The van der Waals surface area contributed by atoms with Gasteiger partial charge in [0.2, 0.25) is 0 Å². The molecule has 0 amide bonds. The Labute approximate surface area is 132 Å². The van der Waals surface area contributed by atoms with E-state index in [9.17, 15) is 13.2 Å². The topological polar surface area (TPSA) is 12.9 Å². The quantitative estimate of drug-likeness (QED) is 0.515. The first kappa shape index (κ1) is 18.8. The lowest BCUT2D eigenvalue weighted by Gasteiger charge is -2.38. The number of hydrogen-bond acceptors (Lipinski definition) is 1. The Morgan fingerprint density at radius 1 is 0.955 bits per heavy atom. The van der Waals surface area contributed by atoms with E-state index in [1.165, 1.54) is 6.07 Å². The Kier molecular flexibility index (Phi) is 5.86. The maximum Gasteiger partial charge on any atom is 0.433 e. The van der Waals surface area contributed by atoms with Crippen LogP contribution in [0.2, 0.25) is 16.6 Å². The number of halogens is 3. The molecule has 0 N–H and O–H groups in total. The fourth-order valence-corrected chi connectivity index (χ4v) is 8.48. The summed E-state index contributed by atoms with van der Waals surface area (Å²) in [5, 5.41) is 0. The van der Waals surface area contributed by atoms with Crippen molar-refractivity contribution in [2.45, 2.75) is 64.3 Å². The predicted molar refractivity (Wildman–Crippen MR) is 87.2 cm³/mol. The number of hydrogen-bond donors (Lipinski definition) is 0. The van der Waals surface area contributed by atoms with E-state index in [1.807, 2.05) is 0 Å². The van der Waals surface area contributed by atoms with Crippen molar-refractivity contribution in [3.63, 3.8) is 0 Å². The van der Waals surface area contributed by atoms with Crippen LogP contribution in [0.1, 0.15) is 52.9 Å². The van der Waals surface area contributed by atoms with Gasteiger partial charge in [-0.2, -0.15) is 13.2 Å². The van der Waals surface area contributed by atoms with Crippen molar-refractivity contribution in [3.05, 3.63) is 29.6 Å². The number of nitrogens with zero attached hydrogens (tertiary/aromatic N) is 1. The lowest BCUT2D eigenvalue weighted by atomic mass is 10.3. The first-order chi connectivity index (χ1) is 10.0. The van der Waals surface area contributed by atoms with Gasteiger partial charge in [-0.25, -0.2) is 4.98 Å². The fraction of sp³-hybridized carbons (Fsp3) is 0.588. The summed E-state index contributed by atoms with van der Waals surface area (Å²) in [6, 6.07) is 3.88. The van der Waals surface area contributed by atoms with Gasteiger partial charge >= 0.3 is 6.18 Å². The second-order valence-electron chi connectivity index (χ2n) is 6.55. The Hall–Kier alpha value is -1.28. The summed E-state index contributed by atoms with van der Waals surface area (Å²) in [7, 11) is -1.96. The van der Waals surface area contributed by atoms with E-state index in [2.05, 4.69) is 58.0 Å². The summed E-state index contributed by atoms with van der Waals surface area (Å²) in [6.07, 6.45) is -4.43. The summed E-state index contributed by atoms with van der Waals surface area (Å²) in [5.41, 5.74) is 4.01. The van der Waals surface area contributed by atoms with E-state index >= 15 is 0 Å². The van der Waals surface area contributed by atoms with Crippen molar-refractivity contribution in [3.8, 4) is 11.5 Å². The van der Waals surface area contributed by atoms with Crippen LogP contribution in [0.25, 0.3) is 0 Å². The SMILES string of the molecule is CC(C)[Si](C#Cc1cccc(C(F)(F)F)n1)(C(C)C)C(C)C. The minimum absolute atomic E-state index is 0.202. The largest absolute Gasteiger partial charge is 0.433 e. The zero-order valence-electron chi connectivity index (χ0n) is 14.0. The summed E-state index contributed by atoms with van der Waals surface area (Å²) in [4.78, 5) is 3.65. The van der Waals surface area contributed by atoms with Crippen molar-refractivity contribution in [2.75, 3.05) is 0 Å². The number of alkyl halides is 3. The summed E-state index contributed by atoms with van der Waals surface area (Å²) >= 11 is 0. The average molecular weight is 327 g/mol. The minimum Gasteiger partial charge on any atom is -0.235 e. The Morgan fingerprint density at radius 3 is 1.86 bits per heavy atom. The first-order valence-corrected chi connectivity index (χ1v) is 9.82. The molecule has 22 heavy (non-hydrogen) atoms. The highest BCUT2D eigenvalue weighted by Gasteiger charge is 2.41. The Bertz CT molecular complexity index is 543. The highest BCUT2D eigenvalue weighted by molar-refractivity contribution is 6.90. The van der Waals surface area contributed by atoms with Gasteiger partial charge in [0.1, 0.15) is 19.5 Å². The van der Waals surface area contributed by atoms with Crippen molar-refractivity contribution < 1.29 is 13.2 Å². The molecule has 0 aliphatic heterocycles. The number of rotatable bonds is 3. The van der Waals surface area contributed by atoms with Crippen molar-refractivity contribution >= 4 is 8.07 Å². The molecule has 5 heteroatoms. The van der Waals surface area contributed by atoms with Crippen LogP contribution >= 0.6 is 0 Å². The van der Waals surface area contributed by atoms with Gasteiger partial charge in [-0.1, -0.05) is 53.5 Å². The molecule has 0 aliphatic rings. The monoisotopic (exact) mass is 327 g/mol. The maximum absolute atomic E-state index is 12.7. The summed E-state index contributed by atoms with van der Waals surface area (Å²) < 4.78 is 38.2. The van der Waals surface area contributed by atoms with Crippen LogP contribution in [0.4, 0.5) is 13.2 Å². The molecule has 0 aliphatic carbocycles. The molecule has 0 aromatic carbocycles. The molecule has 0 bridgehead atoms. The third-order valence-electron chi connectivity index (χ3n) is 4.31. The molecule has 0 spiro atoms. The molecule has 1 nitrogen and oxygen atoms in total. The molecule has 1 aromatic rings. The fourth-order valence-electron chi connectivity index (χ4n) is 3.27. The van der Waals surface area contributed by atoms with E-state index in [4.69, 9.17) is 0 Å². The summed E-state index contributed by atoms with van der Waals surface area (Å²) in [5.74, 6) is 2.94. The molecule has 0 saturated carbocycles. The molecule has 0 saturated heterocycles. The van der Waals surface area contributed by atoms with Crippen LogP contribution in [-0.2, 0) is 6.18 Å². The van der Waals surface area contributed by atoms with Crippen LogP contribution in [-0.4, -0.2) is 13.1 Å². The molecule has 1 aromatic heterocycles. The van der Waals surface area contributed by atoms with Gasteiger partial charge in [-0.15, -0.1) is 5.54 Å². The molecule has 0 radical (unpaired) electrons. The molecule has 122 valence electrons. The van der Waals surface area contributed by atoms with E-state index < -0.39 is 19.9 Å². The van der Waals surface area contributed by atoms with Gasteiger partial charge in [-0.3, -0.25) is 0 Å². The first-order valence-electron chi connectivity index (χ1n) is 7.59. The molecule has 1 heterocycles. The highest BCUT2D eigenvalue weighted by Crippen LogP contribution is 2.40. The third kappa shape index (κ3) is 3.92. The second-order valence-corrected chi connectivity index (χ2v) is 12.1. The van der Waals surface area contributed by atoms with Crippen LogP contribution in [0, 0.1) is 11.5 Å². The van der Waals surface area contributed by atoms with Gasteiger partial charge in [0.15, 0.2) is 0 Å². The van der Waals surface area contributed by atoms with Crippen LogP contribution in [0.15, 0.2) is 18.2 Å². The standard InChI is InChI=1S/C17H24F3NSi/c1-12(2)22(13(3)4,14(5)6)11-10-15-8-7-9-16(21-15)17(18,19)20/h7-9,12-14H,1-6H3. The van der Waals surface area contributed by atoms with E-state index in [1.54, 1.807) is 6.07 Å². The molecular formula is C17H24F3NSi. The Morgan fingerprint density at radius 2 is 1.45 bits per heavy atom. The second kappa shape index (κ2) is 6.87. The Balaban J connectivity index is 3.30. The van der Waals surface area contributed by atoms with Gasteiger partial charge in [0, 0.05) is 0 Å². The molecule has 0 fully saturated rings. The van der Waals surface area contributed by atoms with Crippen LogP contribution in [0.5, 0.6) is 0 Å². The number of aromatic nitrogens is 1. The summed E-state index contributed by atoms with van der Waals surface area (Å²) in [6.45, 7) is 13.0. The van der Waals surface area contributed by atoms with Gasteiger partial charge < -0.3 is 0 Å². The average Bonchev–Trinajstić information content (AvgIpc) is 2.37. The molecular weight excluding hydrogens is 303 g/mol. The van der Waals surface area contributed by atoms with Crippen molar-refractivity contribution in [2.24, 2.45) is 0 Å². The molecule has 0 atom stereocenters. The zero-order valence-corrected chi connectivity index (χ0v) is 15.0. The zero-order chi connectivity index (χ0) is 17.1. The van der Waals surface area contributed by atoms with Crippen molar-refractivity contribution in [1.29, 1.82) is 0 Å². The highest BCUT2D eigenvalue weighted by atomic mass is 28.3. The van der Waals surface area contributed by atoms with E-state index in [0.717, 1.165) is 6.07 Å².